The van der Waals surface area contributed by atoms with Crippen LogP contribution >= 0.6 is 0 Å². The van der Waals surface area contributed by atoms with Gasteiger partial charge in [-0.1, -0.05) is 31.9 Å². The Bertz CT molecular complexity index is 837. The van der Waals surface area contributed by atoms with Gasteiger partial charge < -0.3 is 14.5 Å². The number of rotatable bonds is 6. The van der Waals surface area contributed by atoms with Crippen molar-refractivity contribution in [2.45, 2.75) is 45.6 Å². The van der Waals surface area contributed by atoms with Gasteiger partial charge in [0.25, 0.3) is 0 Å². The van der Waals surface area contributed by atoms with E-state index in [0.717, 1.165) is 68.2 Å². The van der Waals surface area contributed by atoms with E-state index in [0.29, 0.717) is 6.61 Å². The number of para-hydroxylation sites is 2. The third kappa shape index (κ3) is 4.26. The second kappa shape index (κ2) is 9.26. The number of hydrogen-bond acceptors (Lipinski definition) is 5. The molecule has 0 radical (unpaired) electrons. The van der Waals surface area contributed by atoms with Gasteiger partial charge in [-0.2, -0.15) is 0 Å². The Balaban J connectivity index is 1.38. The minimum atomic E-state index is -0.667. The summed E-state index contributed by atoms with van der Waals surface area (Å²) in [4.78, 5) is 44.1. The number of urea groups is 1. The molecule has 8 nitrogen and oxygen atoms in total. The Kier molecular flexibility index (Phi) is 6.46. The number of imide groups is 2. The Labute approximate surface area is 183 Å². The molecular formula is C23H33N4O4+. The zero-order valence-electron chi connectivity index (χ0n) is 18.5. The fourth-order valence-corrected chi connectivity index (χ4v) is 5.08. The van der Waals surface area contributed by atoms with E-state index >= 15 is 0 Å². The van der Waals surface area contributed by atoms with Crippen molar-refractivity contribution < 1.29 is 24.0 Å². The van der Waals surface area contributed by atoms with Gasteiger partial charge in [-0.15, -0.1) is 0 Å². The predicted molar refractivity (Wildman–Crippen MR) is 116 cm³/mol. The molecule has 1 aromatic rings. The number of quaternary nitrogens is 1. The van der Waals surface area contributed by atoms with Gasteiger partial charge in [-0.05, 0) is 37.8 Å². The van der Waals surface area contributed by atoms with E-state index in [2.05, 4.69) is 17.9 Å². The molecule has 0 unspecified atom stereocenters. The highest BCUT2D eigenvalue weighted by atomic mass is 16.5. The lowest BCUT2D eigenvalue weighted by molar-refractivity contribution is -0.907. The summed E-state index contributed by atoms with van der Waals surface area (Å²) in [6.45, 7) is 8.08. The van der Waals surface area contributed by atoms with Crippen LogP contribution in [0.4, 0.5) is 10.5 Å². The van der Waals surface area contributed by atoms with Crippen LogP contribution in [0.2, 0.25) is 0 Å². The highest BCUT2D eigenvalue weighted by molar-refractivity contribution is 6.44. The van der Waals surface area contributed by atoms with E-state index in [9.17, 15) is 14.4 Å². The average molecular weight is 430 g/mol. The number of ether oxygens (including phenoxy) is 1. The number of carbonyl (C=O) groups excluding carboxylic acids is 3. The van der Waals surface area contributed by atoms with Gasteiger partial charge in [-0.3, -0.25) is 14.5 Å². The summed E-state index contributed by atoms with van der Waals surface area (Å²) in [5.74, 6) is -0.191. The molecule has 1 N–H and O–H groups in total. The standard InChI is InChI=1S/C23H32N4O4/c1-3-31-20-11-7-6-10-19(20)25-14-12-24(13-15-25)16-26-21(28)22(29)27(23(26)30)18-9-5-4-8-17(18)2/h6-7,10-11,17-18H,3-5,8-9,12-16H2,1-2H3/p+1/t17-,18+/m0/s1. The molecule has 4 rings (SSSR count). The number of hydrogen-bond donors (Lipinski definition) is 1. The molecule has 2 aliphatic heterocycles. The molecule has 2 saturated heterocycles. The summed E-state index contributed by atoms with van der Waals surface area (Å²) < 4.78 is 5.75. The first kappa shape index (κ1) is 21.6. The van der Waals surface area contributed by atoms with Gasteiger partial charge in [0, 0.05) is 6.04 Å². The fraction of sp³-hybridized carbons (Fsp3) is 0.609. The van der Waals surface area contributed by atoms with Crippen molar-refractivity contribution in [1.29, 1.82) is 0 Å². The van der Waals surface area contributed by atoms with Crippen LogP contribution in [-0.4, -0.2) is 73.1 Å². The van der Waals surface area contributed by atoms with Crippen LogP contribution in [0, 0.1) is 5.92 Å². The highest BCUT2D eigenvalue weighted by Gasteiger charge is 2.50. The van der Waals surface area contributed by atoms with E-state index in [1.807, 2.05) is 25.1 Å². The first-order valence-corrected chi connectivity index (χ1v) is 11.5. The number of amides is 4. The van der Waals surface area contributed by atoms with Gasteiger partial charge in [0.05, 0.1) is 38.5 Å². The van der Waals surface area contributed by atoms with E-state index in [1.54, 1.807) is 0 Å². The Morgan fingerprint density at radius 2 is 1.74 bits per heavy atom. The topological polar surface area (TPSA) is 74.6 Å². The van der Waals surface area contributed by atoms with Crippen LogP contribution in [0.3, 0.4) is 0 Å². The zero-order chi connectivity index (χ0) is 22.0. The van der Waals surface area contributed by atoms with Gasteiger partial charge in [0.1, 0.15) is 5.75 Å². The van der Waals surface area contributed by atoms with Gasteiger partial charge in [0.2, 0.25) is 0 Å². The molecule has 3 aliphatic rings. The zero-order valence-corrected chi connectivity index (χ0v) is 18.5. The average Bonchev–Trinajstić information content (AvgIpc) is 2.99. The molecule has 1 aromatic carbocycles. The second-order valence-electron chi connectivity index (χ2n) is 8.82. The first-order valence-electron chi connectivity index (χ1n) is 11.5. The molecule has 0 bridgehead atoms. The van der Waals surface area contributed by atoms with Crippen LogP contribution in [0.5, 0.6) is 5.75 Å². The molecule has 0 spiro atoms. The lowest BCUT2D eigenvalue weighted by Gasteiger charge is -2.36. The quantitative estimate of drug-likeness (QED) is 0.542. The highest BCUT2D eigenvalue weighted by Crippen LogP contribution is 2.31. The van der Waals surface area contributed by atoms with Crippen molar-refractivity contribution in [3.8, 4) is 5.75 Å². The maximum absolute atomic E-state index is 13.0. The molecule has 2 heterocycles. The van der Waals surface area contributed by atoms with Gasteiger partial charge in [-0.25, -0.2) is 9.69 Å². The van der Waals surface area contributed by atoms with E-state index in [1.165, 1.54) is 9.80 Å². The Morgan fingerprint density at radius 1 is 1.03 bits per heavy atom. The monoisotopic (exact) mass is 429 g/mol. The van der Waals surface area contributed by atoms with Gasteiger partial charge >= 0.3 is 17.8 Å². The first-order chi connectivity index (χ1) is 15.0. The lowest BCUT2D eigenvalue weighted by atomic mass is 9.85. The minimum absolute atomic E-state index is 0.149. The SMILES string of the molecule is CCOc1ccccc1N1CC[NH+](CN2C(=O)C(=O)N([C@@H]3CCCC[C@@H]3C)C2=O)CC1. The smallest absolute Gasteiger partial charge is 0.338 e. The van der Waals surface area contributed by atoms with Crippen LogP contribution in [0.15, 0.2) is 24.3 Å². The molecule has 8 heteroatoms. The van der Waals surface area contributed by atoms with Gasteiger partial charge in [0.15, 0.2) is 6.67 Å². The second-order valence-corrected chi connectivity index (χ2v) is 8.82. The normalized spacial score (nSPS) is 25.5. The molecule has 31 heavy (non-hydrogen) atoms. The molecule has 0 aromatic heterocycles. The number of piperazine rings is 1. The number of benzene rings is 1. The summed E-state index contributed by atoms with van der Waals surface area (Å²) in [6.07, 6.45) is 3.90. The maximum Gasteiger partial charge on any atom is 0.338 e. The Morgan fingerprint density at radius 3 is 2.45 bits per heavy atom. The van der Waals surface area contributed by atoms with Crippen molar-refractivity contribution in [1.82, 2.24) is 9.80 Å². The predicted octanol–water partition coefficient (Wildman–Crippen LogP) is 1.12. The number of anilines is 1. The number of nitrogens with zero attached hydrogens (tertiary/aromatic N) is 3. The van der Waals surface area contributed by atoms with Crippen LogP contribution in [0.25, 0.3) is 0 Å². The molecule has 4 amide bonds. The third-order valence-corrected chi connectivity index (χ3v) is 6.84. The van der Waals surface area contributed by atoms with E-state index in [-0.39, 0.29) is 18.6 Å². The Hall–Kier alpha value is -2.61. The molecule has 1 aliphatic carbocycles. The maximum atomic E-state index is 13.0. The van der Waals surface area contributed by atoms with Crippen molar-refractivity contribution >= 4 is 23.5 Å². The van der Waals surface area contributed by atoms with E-state index < -0.39 is 17.8 Å². The number of carbonyl (C=O) groups is 3. The van der Waals surface area contributed by atoms with Crippen molar-refractivity contribution in [3.63, 3.8) is 0 Å². The summed E-state index contributed by atoms with van der Waals surface area (Å²) >= 11 is 0. The molecule has 2 atom stereocenters. The van der Waals surface area contributed by atoms with Crippen molar-refractivity contribution in [2.24, 2.45) is 5.92 Å². The lowest BCUT2D eigenvalue weighted by Crippen LogP contribution is -3.16. The van der Waals surface area contributed by atoms with Crippen LogP contribution in [0.1, 0.15) is 39.5 Å². The van der Waals surface area contributed by atoms with Crippen LogP contribution in [-0.2, 0) is 9.59 Å². The minimum Gasteiger partial charge on any atom is -0.492 e. The number of nitrogens with one attached hydrogen (secondary N) is 1. The summed E-state index contributed by atoms with van der Waals surface area (Å²) in [5, 5.41) is 0. The van der Waals surface area contributed by atoms with Crippen molar-refractivity contribution in [3.05, 3.63) is 24.3 Å². The fourth-order valence-electron chi connectivity index (χ4n) is 5.08. The molecule has 1 saturated carbocycles. The third-order valence-electron chi connectivity index (χ3n) is 6.84. The molecule has 168 valence electrons. The summed E-state index contributed by atoms with van der Waals surface area (Å²) in [5.41, 5.74) is 1.07. The summed E-state index contributed by atoms with van der Waals surface area (Å²) in [6, 6.07) is 7.44. The summed E-state index contributed by atoms with van der Waals surface area (Å²) in [7, 11) is 0. The molecular weight excluding hydrogens is 396 g/mol. The van der Waals surface area contributed by atoms with Crippen LogP contribution < -0.4 is 14.5 Å². The van der Waals surface area contributed by atoms with Crippen molar-refractivity contribution in [2.75, 3.05) is 44.4 Å². The van der Waals surface area contributed by atoms with E-state index in [4.69, 9.17) is 4.74 Å². The molecule has 3 fully saturated rings. The largest absolute Gasteiger partial charge is 0.492 e.